The van der Waals surface area contributed by atoms with E-state index in [-0.39, 0.29) is 6.10 Å². The van der Waals surface area contributed by atoms with Crippen molar-refractivity contribution in [3.05, 3.63) is 12.2 Å². The number of hydrogen-bond acceptors (Lipinski definition) is 1. The molecule has 1 aliphatic rings. The number of rotatable bonds is 1. The van der Waals surface area contributed by atoms with E-state index in [0.717, 1.165) is 12.0 Å². The molecule has 0 amide bonds. The van der Waals surface area contributed by atoms with Gasteiger partial charge in [0.1, 0.15) is 6.17 Å². The molecular weight excluding hydrogens is 131 g/mol. The van der Waals surface area contributed by atoms with E-state index in [1.165, 1.54) is 0 Å². The summed E-state index contributed by atoms with van der Waals surface area (Å²) in [6.07, 6.45) is 1.17. The maximum atomic E-state index is 12.7. The van der Waals surface area contributed by atoms with Crippen LogP contribution in [0.3, 0.4) is 0 Å². The summed E-state index contributed by atoms with van der Waals surface area (Å²) in [5.41, 5.74) is 1.04. The van der Waals surface area contributed by atoms with Crippen molar-refractivity contribution in [2.75, 3.05) is 7.11 Å². The molecule has 1 saturated carbocycles. The molecule has 0 bridgehead atoms. The van der Waals surface area contributed by atoms with E-state index < -0.39 is 6.17 Å². The highest BCUT2D eigenvalue weighted by Crippen LogP contribution is 2.26. The second kappa shape index (κ2) is 3.15. The SMILES string of the molecule is C=C1CCC(F)CC1OC. The second-order valence-electron chi connectivity index (χ2n) is 2.75. The number of methoxy groups -OCH3 is 1. The molecule has 0 spiro atoms. The van der Waals surface area contributed by atoms with Gasteiger partial charge in [-0.15, -0.1) is 0 Å². The molecule has 1 fully saturated rings. The minimum Gasteiger partial charge on any atom is -0.377 e. The Morgan fingerprint density at radius 3 is 2.90 bits per heavy atom. The van der Waals surface area contributed by atoms with Crippen molar-refractivity contribution in [1.29, 1.82) is 0 Å². The summed E-state index contributed by atoms with van der Waals surface area (Å²) < 4.78 is 17.7. The summed E-state index contributed by atoms with van der Waals surface area (Å²) in [7, 11) is 1.61. The summed E-state index contributed by atoms with van der Waals surface area (Å²) >= 11 is 0. The smallest absolute Gasteiger partial charge is 0.103 e. The first kappa shape index (κ1) is 7.73. The monoisotopic (exact) mass is 144 g/mol. The van der Waals surface area contributed by atoms with E-state index in [4.69, 9.17) is 4.74 Å². The minimum atomic E-state index is -0.685. The third kappa shape index (κ3) is 1.57. The molecule has 0 radical (unpaired) electrons. The van der Waals surface area contributed by atoms with Gasteiger partial charge in [-0.25, -0.2) is 4.39 Å². The van der Waals surface area contributed by atoms with E-state index >= 15 is 0 Å². The van der Waals surface area contributed by atoms with Crippen LogP contribution in [0.1, 0.15) is 19.3 Å². The van der Waals surface area contributed by atoms with Crippen LogP contribution in [0.25, 0.3) is 0 Å². The van der Waals surface area contributed by atoms with E-state index in [1.54, 1.807) is 7.11 Å². The van der Waals surface area contributed by atoms with Crippen molar-refractivity contribution >= 4 is 0 Å². The van der Waals surface area contributed by atoms with Gasteiger partial charge in [0.15, 0.2) is 0 Å². The van der Waals surface area contributed by atoms with Gasteiger partial charge in [-0.05, 0) is 18.4 Å². The first-order valence-corrected chi connectivity index (χ1v) is 3.58. The van der Waals surface area contributed by atoms with Gasteiger partial charge in [0.2, 0.25) is 0 Å². The first-order chi connectivity index (χ1) is 4.74. The molecule has 2 unspecified atom stereocenters. The molecule has 1 aliphatic carbocycles. The van der Waals surface area contributed by atoms with Crippen LogP contribution in [0.2, 0.25) is 0 Å². The van der Waals surface area contributed by atoms with Gasteiger partial charge in [-0.1, -0.05) is 6.58 Å². The van der Waals surface area contributed by atoms with Gasteiger partial charge in [0, 0.05) is 13.5 Å². The lowest BCUT2D eigenvalue weighted by atomic mass is 9.92. The molecule has 0 aliphatic heterocycles. The normalized spacial score (nSPS) is 34.4. The Hall–Kier alpha value is -0.370. The van der Waals surface area contributed by atoms with Crippen LogP contribution in [0, 0.1) is 0 Å². The molecule has 2 atom stereocenters. The Labute approximate surface area is 60.9 Å². The third-order valence-corrected chi connectivity index (χ3v) is 1.99. The van der Waals surface area contributed by atoms with Crippen molar-refractivity contribution in [2.24, 2.45) is 0 Å². The fraction of sp³-hybridized carbons (Fsp3) is 0.750. The number of hydrogen-bond donors (Lipinski definition) is 0. The van der Waals surface area contributed by atoms with Crippen molar-refractivity contribution in [1.82, 2.24) is 0 Å². The summed E-state index contributed by atoms with van der Waals surface area (Å²) in [6.45, 7) is 3.81. The zero-order valence-corrected chi connectivity index (χ0v) is 6.27. The highest BCUT2D eigenvalue weighted by atomic mass is 19.1. The molecule has 1 rings (SSSR count). The summed E-state index contributed by atoms with van der Waals surface area (Å²) in [6, 6.07) is 0. The van der Waals surface area contributed by atoms with E-state index in [9.17, 15) is 4.39 Å². The largest absolute Gasteiger partial charge is 0.377 e. The van der Waals surface area contributed by atoms with Crippen molar-refractivity contribution in [2.45, 2.75) is 31.5 Å². The molecule has 58 valence electrons. The van der Waals surface area contributed by atoms with Crippen molar-refractivity contribution in [3.63, 3.8) is 0 Å². The van der Waals surface area contributed by atoms with Gasteiger partial charge in [-0.2, -0.15) is 0 Å². The molecule has 0 heterocycles. The van der Waals surface area contributed by atoms with Crippen LogP contribution in [0.5, 0.6) is 0 Å². The predicted octanol–water partition coefficient (Wildman–Crippen LogP) is 2.08. The Balaban J connectivity index is 2.45. The molecule has 0 aromatic rings. The van der Waals surface area contributed by atoms with Crippen LogP contribution in [-0.2, 0) is 4.74 Å². The standard InChI is InChI=1S/C8H13FO/c1-6-3-4-7(9)5-8(6)10-2/h7-8H,1,3-5H2,2H3. The van der Waals surface area contributed by atoms with Crippen molar-refractivity contribution in [3.8, 4) is 0 Å². The minimum absolute atomic E-state index is 0.0382. The highest BCUT2D eigenvalue weighted by molar-refractivity contribution is 5.06. The average Bonchev–Trinajstić information content (AvgIpc) is 1.94. The first-order valence-electron chi connectivity index (χ1n) is 3.58. The Morgan fingerprint density at radius 1 is 1.70 bits per heavy atom. The molecule has 10 heavy (non-hydrogen) atoms. The fourth-order valence-electron chi connectivity index (χ4n) is 1.28. The molecule has 0 aromatic heterocycles. The number of alkyl halides is 1. The van der Waals surface area contributed by atoms with Gasteiger partial charge >= 0.3 is 0 Å². The maximum absolute atomic E-state index is 12.7. The van der Waals surface area contributed by atoms with Crippen LogP contribution in [0.4, 0.5) is 4.39 Å². The lowest BCUT2D eigenvalue weighted by Crippen LogP contribution is -2.24. The Morgan fingerprint density at radius 2 is 2.40 bits per heavy atom. The molecular formula is C8H13FO. The van der Waals surface area contributed by atoms with Crippen LogP contribution < -0.4 is 0 Å². The van der Waals surface area contributed by atoms with Crippen LogP contribution in [0.15, 0.2) is 12.2 Å². The zero-order valence-electron chi connectivity index (χ0n) is 6.27. The summed E-state index contributed by atoms with van der Waals surface area (Å²) in [5.74, 6) is 0. The lowest BCUT2D eigenvalue weighted by Gasteiger charge is -2.25. The molecule has 0 N–H and O–H groups in total. The van der Waals surface area contributed by atoms with Crippen molar-refractivity contribution < 1.29 is 9.13 Å². The maximum Gasteiger partial charge on any atom is 0.103 e. The summed E-state index contributed by atoms with van der Waals surface area (Å²) in [5, 5.41) is 0. The van der Waals surface area contributed by atoms with Gasteiger partial charge in [0.05, 0.1) is 6.10 Å². The Kier molecular flexibility index (Phi) is 2.44. The second-order valence-corrected chi connectivity index (χ2v) is 2.75. The van der Waals surface area contributed by atoms with E-state index in [2.05, 4.69) is 6.58 Å². The average molecular weight is 144 g/mol. The Bertz CT molecular complexity index is 133. The van der Waals surface area contributed by atoms with E-state index in [1.807, 2.05) is 0 Å². The zero-order chi connectivity index (χ0) is 7.56. The molecule has 0 saturated heterocycles. The molecule has 1 nitrogen and oxygen atoms in total. The van der Waals surface area contributed by atoms with Crippen LogP contribution in [-0.4, -0.2) is 19.4 Å². The van der Waals surface area contributed by atoms with Gasteiger partial charge < -0.3 is 4.74 Å². The van der Waals surface area contributed by atoms with E-state index in [0.29, 0.717) is 12.8 Å². The number of halogens is 1. The molecule has 0 aromatic carbocycles. The predicted molar refractivity (Wildman–Crippen MR) is 38.7 cm³/mol. The lowest BCUT2D eigenvalue weighted by molar-refractivity contribution is 0.0775. The van der Waals surface area contributed by atoms with Crippen LogP contribution >= 0.6 is 0 Å². The van der Waals surface area contributed by atoms with Gasteiger partial charge in [0.25, 0.3) is 0 Å². The summed E-state index contributed by atoms with van der Waals surface area (Å²) in [4.78, 5) is 0. The highest BCUT2D eigenvalue weighted by Gasteiger charge is 2.23. The van der Waals surface area contributed by atoms with Gasteiger partial charge in [-0.3, -0.25) is 0 Å². The topological polar surface area (TPSA) is 9.23 Å². The number of ether oxygens (including phenoxy) is 1. The fourth-order valence-corrected chi connectivity index (χ4v) is 1.28. The third-order valence-electron chi connectivity index (χ3n) is 1.99. The quantitative estimate of drug-likeness (QED) is 0.512. The molecule has 2 heteroatoms.